The summed E-state index contributed by atoms with van der Waals surface area (Å²) in [6.07, 6.45) is 0. The van der Waals surface area contributed by atoms with Crippen LogP contribution in [0.5, 0.6) is 0 Å². The van der Waals surface area contributed by atoms with E-state index >= 15 is 0 Å². The average molecular weight is 458 g/mol. The van der Waals surface area contributed by atoms with Crippen LogP contribution in [0.25, 0.3) is 16.9 Å². The molecule has 0 radical (unpaired) electrons. The lowest BCUT2D eigenvalue weighted by Gasteiger charge is -2.09. The quantitative estimate of drug-likeness (QED) is 0.398. The van der Waals surface area contributed by atoms with E-state index < -0.39 is 15.8 Å². The number of nitrogens with zero attached hydrogens (tertiary/aromatic N) is 5. The average Bonchev–Trinajstić information content (AvgIpc) is 3.21. The number of oxazole rings is 1. The number of fused-ring (bicyclic) bond motifs is 1. The van der Waals surface area contributed by atoms with Gasteiger partial charge in [0, 0.05) is 25.8 Å². The van der Waals surface area contributed by atoms with Crippen LogP contribution in [0.4, 0.5) is 5.82 Å². The number of benzene rings is 1. The molecule has 0 aliphatic heterocycles. The Balaban J connectivity index is 1.37. The molecule has 32 heavy (non-hydrogen) atoms. The molecule has 3 heterocycles. The van der Waals surface area contributed by atoms with Crippen LogP contribution >= 0.6 is 0 Å². The predicted octanol–water partition coefficient (Wildman–Crippen LogP) is 1.42. The lowest BCUT2D eigenvalue weighted by atomic mass is 10.2. The van der Waals surface area contributed by atoms with Crippen LogP contribution in [0.2, 0.25) is 0 Å². The van der Waals surface area contributed by atoms with Gasteiger partial charge in [-0.1, -0.05) is 0 Å². The molecule has 0 fully saturated rings. The van der Waals surface area contributed by atoms with E-state index in [1.54, 1.807) is 16.8 Å². The number of hydrogen-bond acceptors (Lipinski definition) is 8. The highest BCUT2D eigenvalue weighted by molar-refractivity contribution is 7.89. The minimum Gasteiger partial charge on any atom is -0.408 e. The third-order valence-electron chi connectivity index (χ3n) is 5.32. The molecule has 168 valence electrons. The molecule has 0 aliphatic rings. The smallest absolute Gasteiger partial charge is 0.408 e. The molecule has 12 heteroatoms. The summed E-state index contributed by atoms with van der Waals surface area (Å²) in [5, 5.41) is 15.8. The number of hydrogen-bond donors (Lipinski definition) is 2. The van der Waals surface area contributed by atoms with Gasteiger partial charge in [0.1, 0.15) is 5.82 Å². The molecule has 11 nitrogen and oxygen atoms in total. The summed E-state index contributed by atoms with van der Waals surface area (Å²) < 4.78 is 35.7. The summed E-state index contributed by atoms with van der Waals surface area (Å²) in [4.78, 5) is 11.6. The molecule has 0 saturated heterocycles. The van der Waals surface area contributed by atoms with E-state index in [9.17, 15) is 13.2 Å². The van der Waals surface area contributed by atoms with Crippen molar-refractivity contribution >= 4 is 26.9 Å². The predicted molar refractivity (Wildman–Crippen MR) is 118 cm³/mol. The number of aryl methyl sites for hydroxylation is 2. The summed E-state index contributed by atoms with van der Waals surface area (Å²) in [5.74, 6) is 0.571. The number of rotatable bonds is 7. The summed E-state index contributed by atoms with van der Waals surface area (Å²) in [6, 6.07) is 7.82. The lowest BCUT2D eigenvalue weighted by molar-refractivity contribution is 0.528. The minimum absolute atomic E-state index is 0.0470. The van der Waals surface area contributed by atoms with Gasteiger partial charge in [0.2, 0.25) is 10.0 Å². The molecular formula is C20H23N7O4S. The van der Waals surface area contributed by atoms with Crippen LogP contribution in [0.15, 0.2) is 44.4 Å². The molecule has 4 rings (SSSR count). The summed E-state index contributed by atoms with van der Waals surface area (Å²) in [7, 11) is -2.24. The van der Waals surface area contributed by atoms with E-state index in [1.807, 2.05) is 20.8 Å². The lowest BCUT2D eigenvalue weighted by Crippen LogP contribution is -2.29. The maximum absolute atomic E-state index is 12.6. The highest BCUT2D eigenvalue weighted by atomic mass is 32.2. The first-order chi connectivity index (χ1) is 15.2. The maximum atomic E-state index is 12.6. The maximum Gasteiger partial charge on any atom is 0.419 e. The van der Waals surface area contributed by atoms with E-state index in [1.165, 1.54) is 29.8 Å². The number of sulfonamides is 1. The van der Waals surface area contributed by atoms with Gasteiger partial charge >= 0.3 is 5.76 Å². The zero-order valence-corrected chi connectivity index (χ0v) is 18.9. The van der Waals surface area contributed by atoms with Crippen LogP contribution in [-0.2, 0) is 17.1 Å². The second kappa shape index (κ2) is 8.20. The highest BCUT2D eigenvalue weighted by Gasteiger charge is 2.16. The van der Waals surface area contributed by atoms with Gasteiger partial charge < -0.3 is 9.73 Å². The zero-order chi connectivity index (χ0) is 23.0. The Morgan fingerprint density at radius 2 is 1.84 bits per heavy atom. The second-order valence-electron chi connectivity index (χ2n) is 7.37. The molecule has 0 spiro atoms. The fraction of sp³-hybridized carbons (Fsp3) is 0.300. The monoisotopic (exact) mass is 457 g/mol. The van der Waals surface area contributed by atoms with Crippen molar-refractivity contribution in [1.82, 2.24) is 29.3 Å². The van der Waals surface area contributed by atoms with E-state index in [4.69, 9.17) is 4.42 Å². The van der Waals surface area contributed by atoms with Crippen LogP contribution in [-0.4, -0.2) is 46.1 Å². The first-order valence-corrected chi connectivity index (χ1v) is 11.4. The van der Waals surface area contributed by atoms with Gasteiger partial charge in [-0.05, 0) is 56.7 Å². The molecule has 0 aliphatic carbocycles. The van der Waals surface area contributed by atoms with Crippen LogP contribution in [0, 0.1) is 20.8 Å². The standard InChI is InChI=1S/C20H23N7O4S/c1-12-13(2)25-27(14(12)3)19-8-7-18(23-24-19)21-9-10-22-32(29,30)15-5-6-17-16(11-15)26(4)20(28)31-17/h5-8,11,22H,9-10H2,1-4H3,(H,21,23). The van der Waals surface area contributed by atoms with Gasteiger partial charge in [-0.3, -0.25) is 4.57 Å². The normalized spacial score (nSPS) is 11.9. The van der Waals surface area contributed by atoms with Crippen molar-refractivity contribution < 1.29 is 12.8 Å². The van der Waals surface area contributed by atoms with E-state index in [-0.39, 0.29) is 11.4 Å². The zero-order valence-electron chi connectivity index (χ0n) is 18.1. The van der Waals surface area contributed by atoms with Crippen molar-refractivity contribution in [2.75, 3.05) is 18.4 Å². The van der Waals surface area contributed by atoms with Crippen LogP contribution in [0.1, 0.15) is 17.0 Å². The van der Waals surface area contributed by atoms with Gasteiger partial charge in [0.25, 0.3) is 0 Å². The number of aromatic nitrogens is 5. The molecule has 1 aromatic carbocycles. The van der Waals surface area contributed by atoms with Crippen molar-refractivity contribution in [3.63, 3.8) is 0 Å². The molecule has 3 aromatic heterocycles. The van der Waals surface area contributed by atoms with Crippen molar-refractivity contribution in [2.45, 2.75) is 25.7 Å². The molecule has 2 N–H and O–H groups in total. The van der Waals surface area contributed by atoms with E-state index in [2.05, 4.69) is 25.3 Å². The Hall–Kier alpha value is -3.51. The molecule has 0 bridgehead atoms. The van der Waals surface area contributed by atoms with Crippen molar-refractivity contribution in [1.29, 1.82) is 0 Å². The SMILES string of the molecule is Cc1nn(-c2ccc(NCCNS(=O)(=O)c3ccc4oc(=O)n(C)c4c3)nn2)c(C)c1C. The Morgan fingerprint density at radius 1 is 1.06 bits per heavy atom. The summed E-state index contributed by atoms with van der Waals surface area (Å²) in [5.41, 5.74) is 3.78. The third-order valence-corrected chi connectivity index (χ3v) is 6.78. The Morgan fingerprint density at radius 3 is 2.50 bits per heavy atom. The van der Waals surface area contributed by atoms with Gasteiger partial charge in [-0.15, -0.1) is 10.2 Å². The fourth-order valence-corrected chi connectivity index (χ4v) is 4.26. The summed E-state index contributed by atoms with van der Waals surface area (Å²) in [6.45, 7) is 6.35. The van der Waals surface area contributed by atoms with Crippen molar-refractivity contribution in [3.8, 4) is 5.82 Å². The Labute approximate surface area is 184 Å². The first-order valence-electron chi connectivity index (χ1n) is 9.87. The largest absolute Gasteiger partial charge is 0.419 e. The molecule has 4 aromatic rings. The second-order valence-corrected chi connectivity index (χ2v) is 9.13. The van der Waals surface area contributed by atoms with Gasteiger partial charge in [0.15, 0.2) is 11.4 Å². The van der Waals surface area contributed by atoms with Crippen LogP contribution < -0.4 is 15.8 Å². The van der Waals surface area contributed by atoms with Crippen molar-refractivity contribution in [3.05, 3.63) is 57.8 Å². The number of nitrogens with one attached hydrogen (secondary N) is 2. The molecule has 0 amide bonds. The van der Waals surface area contributed by atoms with Gasteiger partial charge in [-0.2, -0.15) is 5.10 Å². The Bertz CT molecular complexity index is 1450. The molecular weight excluding hydrogens is 434 g/mol. The van der Waals surface area contributed by atoms with Gasteiger partial charge in [0.05, 0.1) is 16.1 Å². The van der Waals surface area contributed by atoms with E-state index in [0.29, 0.717) is 29.3 Å². The minimum atomic E-state index is -3.76. The van der Waals surface area contributed by atoms with Crippen LogP contribution in [0.3, 0.4) is 0 Å². The number of anilines is 1. The summed E-state index contributed by atoms with van der Waals surface area (Å²) >= 11 is 0. The third kappa shape index (κ3) is 4.01. The molecule has 0 saturated carbocycles. The fourth-order valence-electron chi connectivity index (χ4n) is 3.21. The van der Waals surface area contributed by atoms with Gasteiger partial charge in [-0.25, -0.2) is 22.6 Å². The van der Waals surface area contributed by atoms with Crippen molar-refractivity contribution in [2.24, 2.45) is 7.05 Å². The Kier molecular flexibility index (Phi) is 5.57. The topological polar surface area (TPSA) is 137 Å². The van der Waals surface area contributed by atoms with E-state index in [0.717, 1.165) is 17.0 Å². The highest BCUT2D eigenvalue weighted by Crippen LogP contribution is 2.18. The first kappa shape index (κ1) is 21.7. The molecule has 0 unspecified atom stereocenters. The molecule has 0 atom stereocenters.